The van der Waals surface area contributed by atoms with Crippen molar-refractivity contribution < 1.29 is 26.4 Å². The van der Waals surface area contributed by atoms with Crippen LogP contribution in [-0.2, 0) is 16.2 Å². The van der Waals surface area contributed by atoms with Gasteiger partial charge in [-0.2, -0.15) is 18.3 Å². The molecule has 1 amide bonds. The highest BCUT2D eigenvalue weighted by Gasteiger charge is 2.31. The van der Waals surface area contributed by atoms with Crippen molar-refractivity contribution in [3.05, 3.63) is 71.5 Å². The van der Waals surface area contributed by atoms with Crippen LogP contribution in [0.25, 0.3) is 5.69 Å². The molecule has 0 atom stereocenters. The Balaban J connectivity index is 2.08. The van der Waals surface area contributed by atoms with Gasteiger partial charge >= 0.3 is 6.18 Å². The molecular weight excluding hydrogens is 409 g/mol. The van der Waals surface area contributed by atoms with Gasteiger partial charge in [0.2, 0.25) is 5.91 Å². The molecule has 0 bridgehead atoms. The molecule has 0 saturated heterocycles. The molecule has 1 heterocycles. The number of hydrogen-bond acceptors (Lipinski definition) is 4. The van der Waals surface area contributed by atoms with Crippen LogP contribution in [0.1, 0.15) is 21.5 Å². The SMILES string of the molecule is Cc1cnn(-c2ccc(C(N)=O)cc2NS(=O)(=O)c2cccc(C(F)(F)F)c2)c1. The van der Waals surface area contributed by atoms with E-state index in [0.717, 1.165) is 23.8 Å². The Bertz CT molecular complexity index is 1190. The third kappa shape index (κ3) is 4.40. The number of anilines is 1. The summed E-state index contributed by atoms with van der Waals surface area (Å²) in [5.74, 6) is -0.798. The topological polar surface area (TPSA) is 107 Å². The van der Waals surface area contributed by atoms with Gasteiger partial charge in [-0.3, -0.25) is 9.52 Å². The molecule has 0 radical (unpaired) electrons. The summed E-state index contributed by atoms with van der Waals surface area (Å²) >= 11 is 0. The number of nitrogens with two attached hydrogens (primary N) is 1. The molecule has 2 aromatic carbocycles. The minimum Gasteiger partial charge on any atom is -0.366 e. The van der Waals surface area contributed by atoms with Crippen LogP contribution in [0.4, 0.5) is 18.9 Å². The molecule has 7 nitrogen and oxygen atoms in total. The molecule has 29 heavy (non-hydrogen) atoms. The third-order valence-corrected chi connectivity index (χ3v) is 5.32. The second-order valence-corrected chi connectivity index (χ2v) is 7.87. The molecule has 152 valence electrons. The number of nitrogens with one attached hydrogen (secondary N) is 1. The van der Waals surface area contributed by atoms with Crippen molar-refractivity contribution in [3.8, 4) is 5.69 Å². The standard InChI is InChI=1S/C18H15F3N4O3S/c1-11-9-23-25(10-11)16-6-5-12(17(22)26)7-15(16)24-29(27,28)14-4-2-3-13(8-14)18(19,20)21/h2-10,24H,1H3,(H2,22,26). The number of halogens is 3. The Morgan fingerprint density at radius 2 is 1.90 bits per heavy atom. The van der Waals surface area contributed by atoms with E-state index in [-0.39, 0.29) is 16.9 Å². The monoisotopic (exact) mass is 424 g/mol. The fraction of sp³-hybridized carbons (Fsp3) is 0.111. The molecule has 0 unspecified atom stereocenters. The summed E-state index contributed by atoms with van der Waals surface area (Å²) in [6, 6.07) is 7.33. The van der Waals surface area contributed by atoms with Gasteiger partial charge in [-0.25, -0.2) is 13.1 Å². The highest BCUT2D eigenvalue weighted by atomic mass is 32.2. The van der Waals surface area contributed by atoms with Crippen molar-refractivity contribution >= 4 is 21.6 Å². The van der Waals surface area contributed by atoms with Crippen LogP contribution >= 0.6 is 0 Å². The Morgan fingerprint density at radius 1 is 1.17 bits per heavy atom. The van der Waals surface area contributed by atoms with Gasteiger partial charge in [-0.05, 0) is 48.9 Å². The van der Waals surface area contributed by atoms with Crippen molar-refractivity contribution in [2.45, 2.75) is 18.0 Å². The summed E-state index contributed by atoms with van der Waals surface area (Å²) in [6.07, 6.45) is -1.55. The molecule has 0 aliphatic rings. The number of nitrogens with zero attached hydrogens (tertiary/aromatic N) is 2. The quantitative estimate of drug-likeness (QED) is 0.656. The van der Waals surface area contributed by atoms with Crippen molar-refractivity contribution in [3.63, 3.8) is 0 Å². The highest BCUT2D eigenvalue weighted by molar-refractivity contribution is 7.92. The number of aromatic nitrogens is 2. The van der Waals surface area contributed by atoms with Gasteiger partial charge in [0.15, 0.2) is 0 Å². The molecule has 1 aromatic heterocycles. The van der Waals surface area contributed by atoms with Gasteiger partial charge in [-0.1, -0.05) is 6.07 Å². The van der Waals surface area contributed by atoms with E-state index in [0.29, 0.717) is 6.07 Å². The summed E-state index contributed by atoms with van der Waals surface area (Å²) in [6.45, 7) is 1.77. The fourth-order valence-electron chi connectivity index (χ4n) is 2.56. The summed E-state index contributed by atoms with van der Waals surface area (Å²) in [7, 11) is -4.41. The lowest BCUT2D eigenvalue weighted by Gasteiger charge is -2.15. The Labute approximate surface area is 164 Å². The van der Waals surface area contributed by atoms with Crippen LogP contribution in [0.2, 0.25) is 0 Å². The van der Waals surface area contributed by atoms with Crippen molar-refractivity contribution in [1.82, 2.24) is 9.78 Å². The Kier molecular flexibility index (Phi) is 5.09. The first-order valence-corrected chi connectivity index (χ1v) is 9.61. The van der Waals surface area contributed by atoms with Gasteiger partial charge in [0.05, 0.1) is 28.0 Å². The van der Waals surface area contributed by atoms with E-state index in [1.54, 1.807) is 13.1 Å². The average molecular weight is 424 g/mol. The number of sulfonamides is 1. The molecule has 0 saturated carbocycles. The predicted molar refractivity (Wildman–Crippen MR) is 99.1 cm³/mol. The predicted octanol–water partition coefficient (Wildman–Crippen LogP) is 3.10. The number of carbonyl (C=O) groups is 1. The van der Waals surface area contributed by atoms with Crippen LogP contribution in [0.3, 0.4) is 0 Å². The number of primary amides is 1. The number of rotatable bonds is 5. The van der Waals surface area contributed by atoms with Crippen LogP contribution in [0.5, 0.6) is 0 Å². The minimum atomic E-state index is -4.70. The van der Waals surface area contributed by atoms with Gasteiger partial charge in [-0.15, -0.1) is 0 Å². The Morgan fingerprint density at radius 3 is 2.48 bits per heavy atom. The summed E-state index contributed by atoms with van der Waals surface area (Å²) < 4.78 is 67.8. The lowest BCUT2D eigenvalue weighted by Crippen LogP contribution is -2.18. The molecule has 0 aliphatic heterocycles. The zero-order valence-corrected chi connectivity index (χ0v) is 15.8. The first kappa shape index (κ1) is 20.4. The van der Waals surface area contributed by atoms with E-state index in [1.165, 1.54) is 29.1 Å². The molecule has 0 spiro atoms. The average Bonchev–Trinajstić information content (AvgIpc) is 3.07. The number of aryl methyl sites for hydroxylation is 1. The van der Waals surface area contributed by atoms with Gasteiger partial charge < -0.3 is 5.73 Å². The van der Waals surface area contributed by atoms with Crippen LogP contribution in [0, 0.1) is 6.92 Å². The molecule has 0 fully saturated rings. The number of carbonyl (C=O) groups excluding carboxylic acids is 1. The maximum Gasteiger partial charge on any atom is 0.416 e. The van der Waals surface area contributed by atoms with Gasteiger partial charge in [0.25, 0.3) is 10.0 Å². The first-order valence-electron chi connectivity index (χ1n) is 8.13. The molecule has 3 rings (SSSR count). The van der Waals surface area contributed by atoms with E-state index in [2.05, 4.69) is 9.82 Å². The van der Waals surface area contributed by atoms with Gasteiger partial charge in [0.1, 0.15) is 0 Å². The lowest BCUT2D eigenvalue weighted by atomic mass is 10.1. The van der Waals surface area contributed by atoms with Gasteiger partial charge in [0, 0.05) is 11.8 Å². The molecule has 0 aliphatic carbocycles. The maximum atomic E-state index is 12.9. The fourth-order valence-corrected chi connectivity index (χ4v) is 3.67. The van der Waals surface area contributed by atoms with E-state index >= 15 is 0 Å². The second kappa shape index (κ2) is 7.24. The third-order valence-electron chi connectivity index (χ3n) is 3.96. The zero-order valence-electron chi connectivity index (χ0n) is 14.9. The van der Waals surface area contributed by atoms with E-state index in [9.17, 15) is 26.4 Å². The smallest absolute Gasteiger partial charge is 0.366 e. The Hall–Kier alpha value is -3.34. The molecular formula is C18H15F3N4O3S. The lowest BCUT2D eigenvalue weighted by molar-refractivity contribution is -0.137. The summed E-state index contributed by atoms with van der Waals surface area (Å²) in [5, 5.41) is 4.09. The zero-order chi connectivity index (χ0) is 21.4. The van der Waals surface area contributed by atoms with Crippen molar-refractivity contribution in [2.24, 2.45) is 5.73 Å². The number of hydrogen-bond donors (Lipinski definition) is 2. The minimum absolute atomic E-state index is 0.0133. The molecule has 3 aromatic rings. The van der Waals surface area contributed by atoms with Crippen LogP contribution in [0.15, 0.2) is 59.8 Å². The van der Waals surface area contributed by atoms with Crippen molar-refractivity contribution in [2.75, 3.05) is 4.72 Å². The molecule has 11 heteroatoms. The molecule has 3 N–H and O–H groups in total. The normalized spacial score (nSPS) is 12.0. The van der Waals surface area contributed by atoms with Crippen LogP contribution in [-0.4, -0.2) is 24.1 Å². The second-order valence-electron chi connectivity index (χ2n) is 6.19. The van der Waals surface area contributed by atoms with Crippen LogP contribution < -0.4 is 10.5 Å². The van der Waals surface area contributed by atoms with E-state index in [1.807, 2.05) is 0 Å². The summed E-state index contributed by atoms with van der Waals surface area (Å²) in [4.78, 5) is 10.9. The number of benzene rings is 2. The van der Waals surface area contributed by atoms with Crippen molar-refractivity contribution in [1.29, 1.82) is 0 Å². The number of amides is 1. The summed E-state index contributed by atoms with van der Waals surface area (Å²) in [5.41, 5.74) is 5.15. The maximum absolute atomic E-state index is 12.9. The highest BCUT2D eigenvalue weighted by Crippen LogP contribution is 2.31. The number of alkyl halides is 3. The van der Waals surface area contributed by atoms with E-state index in [4.69, 9.17) is 5.73 Å². The largest absolute Gasteiger partial charge is 0.416 e. The first-order chi connectivity index (χ1) is 13.5. The van der Waals surface area contributed by atoms with E-state index < -0.39 is 32.6 Å².